The van der Waals surface area contributed by atoms with Gasteiger partial charge in [-0.3, -0.25) is 4.79 Å². The van der Waals surface area contributed by atoms with Gasteiger partial charge in [-0.05, 0) is 29.8 Å². The molecule has 1 unspecified atom stereocenters. The average molecular weight is 342 g/mol. The number of aromatic hydroxyl groups is 1. The number of aldehydes is 1. The average Bonchev–Trinajstić information content (AvgIpc) is 2.65. The number of phenolic OH excluding ortho intramolecular Hbond substituents is 1. The molecule has 0 aliphatic heterocycles. The molecule has 0 aliphatic rings. The van der Waals surface area contributed by atoms with Crippen molar-refractivity contribution in [2.45, 2.75) is 12.8 Å². The SMILES string of the molecule is COc1ccc(/C=C/C(C)c2cc(C=O)cc(OC)c2O)cc1OC. The molecule has 0 aromatic heterocycles. The maximum absolute atomic E-state index is 11.1. The van der Waals surface area contributed by atoms with Crippen LogP contribution in [-0.2, 0) is 0 Å². The molecule has 0 fully saturated rings. The lowest BCUT2D eigenvalue weighted by Crippen LogP contribution is -1.96. The van der Waals surface area contributed by atoms with E-state index in [4.69, 9.17) is 14.2 Å². The van der Waals surface area contributed by atoms with E-state index < -0.39 is 0 Å². The molecule has 0 saturated carbocycles. The third kappa shape index (κ3) is 4.12. The number of carbonyl (C=O) groups is 1. The summed E-state index contributed by atoms with van der Waals surface area (Å²) in [6.45, 7) is 1.93. The smallest absolute Gasteiger partial charge is 0.161 e. The lowest BCUT2D eigenvalue weighted by atomic mass is 9.96. The predicted octanol–water partition coefficient (Wildman–Crippen LogP) is 4.05. The Bertz CT molecular complexity index is 780. The van der Waals surface area contributed by atoms with Crippen molar-refractivity contribution in [3.63, 3.8) is 0 Å². The van der Waals surface area contributed by atoms with Crippen molar-refractivity contribution in [2.24, 2.45) is 0 Å². The number of methoxy groups -OCH3 is 3. The standard InChI is InChI=1S/C20H22O5/c1-13(16-9-15(12-21)11-19(25-4)20(16)22)5-6-14-7-8-17(23-2)18(10-14)24-3/h5-13,22H,1-4H3/b6-5+. The van der Waals surface area contributed by atoms with E-state index >= 15 is 0 Å². The highest BCUT2D eigenvalue weighted by atomic mass is 16.5. The zero-order valence-corrected chi connectivity index (χ0v) is 14.8. The molecule has 2 aromatic carbocycles. The summed E-state index contributed by atoms with van der Waals surface area (Å²) in [6.07, 6.45) is 4.59. The first-order valence-corrected chi connectivity index (χ1v) is 7.80. The molecule has 2 rings (SSSR count). The molecule has 0 saturated heterocycles. The van der Waals surface area contributed by atoms with Gasteiger partial charge in [-0.15, -0.1) is 0 Å². The van der Waals surface area contributed by atoms with Gasteiger partial charge in [-0.2, -0.15) is 0 Å². The third-order valence-electron chi connectivity index (χ3n) is 3.96. The summed E-state index contributed by atoms with van der Waals surface area (Å²) in [7, 11) is 4.63. The van der Waals surface area contributed by atoms with Crippen LogP contribution in [-0.4, -0.2) is 32.7 Å². The number of hydrogen-bond donors (Lipinski definition) is 1. The minimum absolute atomic E-state index is 0.0394. The third-order valence-corrected chi connectivity index (χ3v) is 3.96. The van der Waals surface area contributed by atoms with Gasteiger partial charge in [0, 0.05) is 17.0 Å². The number of allylic oxidation sites excluding steroid dienone is 1. The monoisotopic (exact) mass is 342 g/mol. The molecule has 0 spiro atoms. The van der Waals surface area contributed by atoms with Crippen molar-refractivity contribution in [3.8, 4) is 23.0 Å². The molecular weight excluding hydrogens is 320 g/mol. The van der Waals surface area contributed by atoms with Crippen molar-refractivity contribution < 1.29 is 24.1 Å². The van der Waals surface area contributed by atoms with Crippen LogP contribution < -0.4 is 14.2 Å². The van der Waals surface area contributed by atoms with E-state index in [0.717, 1.165) is 11.8 Å². The second-order valence-electron chi connectivity index (χ2n) is 5.54. The first-order chi connectivity index (χ1) is 12.0. The Kier molecular flexibility index (Phi) is 6.06. The molecule has 0 radical (unpaired) electrons. The van der Waals surface area contributed by atoms with E-state index in [-0.39, 0.29) is 17.4 Å². The Morgan fingerprint density at radius 2 is 1.56 bits per heavy atom. The molecular formula is C20H22O5. The van der Waals surface area contributed by atoms with Crippen molar-refractivity contribution in [1.29, 1.82) is 0 Å². The molecule has 5 heteroatoms. The van der Waals surface area contributed by atoms with Crippen molar-refractivity contribution in [2.75, 3.05) is 21.3 Å². The molecule has 132 valence electrons. The zero-order chi connectivity index (χ0) is 18.4. The highest BCUT2D eigenvalue weighted by molar-refractivity contribution is 5.77. The van der Waals surface area contributed by atoms with Gasteiger partial charge in [-0.25, -0.2) is 0 Å². The Morgan fingerprint density at radius 3 is 2.16 bits per heavy atom. The summed E-state index contributed by atoms with van der Waals surface area (Å²) in [5, 5.41) is 10.3. The maximum Gasteiger partial charge on any atom is 0.161 e. The van der Waals surface area contributed by atoms with E-state index in [0.29, 0.717) is 22.6 Å². The van der Waals surface area contributed by atoms with Crippen LogP contribution in [0.3, 0.4) is 0 Å². The zero-order valence-electron chi connectivity index (χ0n) is 14.8. The molecule has 0 amide bonds. The lowest BCUT2D eigenvalue weighted by Gasteiger charge is -2.14. The van der Waals surface area contributed by atoms with Crippen molar-refractivity contribution >= 4 is 12.4 Å². The summed E-state index contributed by atoms with van der Waals surface area (Å²) in [5.41, 5.74) is 2.01. The fraction of sp³-hybridized carbons (Fsp3) is 0.250. The molecule has 0 aliphatic carbocycles. The van der Waals surface area contributed by atoms with Crippen LogP contribution in [0.2, 0.25) is 0 Å². The normalized spacial score (nSPS) is 12.0. The van der Waals surface area contributed by atoms with Gasteiger partial charge >= 0.3 is 0 Å². The second kappa shape index (κ2) is 8.24. The number of carbonyl (C=O) groups excluding carboxylic acids is 1. The van der Waals surface area contributed by atoms with Crippen LogP contribution >= 0.6 is 0 Å². The Balaban J connectivity index is 2.31. The summed E-state index contributed by atoms with van der Waals surface area (Å²) < 4.78 is 15.7. The second-order valence-corrected chi connectivity index (χ2v) is 5.54. The van der Waals surface area contributed by atoms with Crippen LogP contribution in [0.25, 0.3) is 6.08 Å². The van der Waals surface area contributed by atoms with Gasteiger partial charge in [0.05, 0.1) is 21.3 Å². The quantitative estimate of drug-likeness (QED) is 0.769. The molecule has 25 heavy (non-hydrogen) atoms. The summed E-state index contributed by atoms with van der Waals surface area (Å²) in [5.74, 6) is 1.50. The number of hydrogen-bond acceptors (Lipinski definition) is 5. The van der Waals surface area contributed by atoms with Crippen LogP contribution in [0, 0.1) is 0 Å². The van der Waals surface area contributed by atoms with Gasteiger partial charge in [0.15, 0.2) is 23.0 Å². The van der Waals surface area contributed by atoms with E-state index in [1.54, 1.807) is 20.3 Å². The van der Waals surface area contributed by atoms with E-state index in [1.165, 1.54) is 13.2 Å². The number of ether oxygens (including phenoxy) is 3. The van der Waals surface area contributed by atoms with Gasteiger partial charge < -0.3 is 19.3 Å². The fourth-order valence-electron chi connectivity index (χ4n) is 2.54. The maximum atomic E-state index is 11.1. The molecule has 1 atom stereocenters. The number of rotatable bonds is 7. The number of phenols is 1. The van der Waals surface area contributed by atoms with Crippen LogP contribution in [0.5, 0.6) is 23.0 Å². The lowest BCUT2D eigenvalue weighted by molar-refractivity contribution is 0.112. The van der Waals surface area contributed by atoms with Crippen LogP contribution in [0.1, 0.15) is 34.3 Å². The topological polar surface area (TPSA) is 65.0 Å². The largest absolute Gasteiger partial charge is 0.504 e. The highest BCUT2D eigenvalue weighted by Gasteiger charge is 2.14. The Hall–Kier alpha value is -2.95. The first kappa shape index (κ1) is 18.4. The minimum Gasteiger partial charge on any atom is -0.504 e. The molecule has 0 bridgehead atoms. The molecule has 0 heterocycles. The van der Waals surface area contributed by atoms with Gasteiger partial charge in [0.1, 0.15) is 6.29 Å². The van der Waals surface area contributed by atoms with Crippen LogP contribution in [0.15, 0.2) is 36.4 Å². The van der Waals surface area contributed by atoms with E-state index in [9.17, 15) is 9.90 Å². The van der Waals surface area contributed by atoms with Crippen LogP contribution in [0.4, 0.5) is 0 Å². The minimum atomic E-state index is -0.123. The first-order valence-electron chi connectivity index (χ1n) is 7.80. The summed E-state index contributed by atoms with van der Waals surface area (Å²) in [6, 6.07) is 8.78. The number of benzene rings is 2. The fourth-order valence-corrected chi connectivity index (χ4v) is 2.54. The van der Waals surface area contributed by atoms with E-state index in [2.05, 4.69) is 0 Å². The summed E-state index contributed by atoms with van der Waals surface area (Å²) >= 11 is 0. The van der Waals surface area contributed by atoms with Gasteiger partial charge in [0.2, 0.25) is 0 Å². The van der Waals surface area contributed by atoms with Crippen molar-refractivity contribution in [3.05, 3.63) is 53.1 Å². The predicted molar refractivity (Wildman–Crippen MR) is 97.0 cm³/mol. The molecule has 1 N–H and O–H groups in total. The van der Waals surface area contributed by atoms with Gasteiger partial charge in [-0.1, -0.05) is 25.1 Å². The molecule has 2 aromatic rings. The van der Waals surface area contributed by atoms with E-state index in [1.807, 2.05) is 37.3 Å². The Labute approximate surface area is 147 Å². The summed E-state index contributed by atoms with van der Waals surface area (Å²) in [4.78, 5) is 11.1. The van der Waals surface area contributed by atoms with Crippen molar-refractivity contribution in [1.82, 2.24) is 0 Å². The van der Waals surface area contributed by atoms with Gasteiger partial charge in [0.25, 0.3) is 0 Å². The highest BCUT2D eigenvalue weighted by Crippen LogP contribution is 2.36. The molecule has 5 nitrogen and oxygen atoms in total. The Morgan fingerprint density at radius 1 is 0.920 bits per heavy atom.